The molecule has 1 aromatic carbocycles. The average molecular weight is 340 g/mol. The molecule has 0 aliphatic heterocycles. The van der Waals surface area contributed by atoms with Gasteiger partial charge in [-0.15, -0.1) is 11.3 Å². The molecule has 2 aromatic rings. The number of thiazole rings is 1. The first kappa shape index (κ1) is 14.8. The number of anilines is 1. The second-order valence-electron chi connectivity index (χ2n) is 5.01. The minimum absolute atomic E-state index is 0.609. The normalized spacial score (nSPS) is 15.0. The Bertz CT molecular complexity index is 659. The summed E-state index contributed by atoms with van der Waals surface area (Å²) in [6.45, 7) is 0. The van der Waals surface area contributed by atoms with Crippen molar-refractivity contribution in [3.05, 3.63) is 33.6 Å². The van der Waals surface area contributed by atoms with Gasteiger partial charge in [-0.25, -0.2) is 4.98 Å². The summed E-state index contributed by atoms with van der Waals surface area (Å²) < 4.78 is 0. The Kier molecular flexibility index (Phi) is 4.78. The molecule has 0 atom stereocenters. The van der Waals surface area contributed by atoms with Crippen LogP contribution in [0.5, 0.6) is 0 Å². The van der Waals surface area contributed by atoms with Crippen molar-refractivity contribution in [2.24, 2.45) is 5.10 Å². The molecule has 6 heteroatoms. The van der Waals surface area contributed by atoms with Crippen LogP contribution >= 0.6 is 34.5 Å². The molecule has 21 heavy (non-hydrogen) atoms. The van der Waals surface area contributed by atoms with Gasteiger partial charge in [-0.05, 0) is 43.9 Å². The summed E-state index contributed by atoms with van der Waals surface area (Å²) in [5.41, 5.74) is 6.03. The number of hydrogen-bond acceptors (Lipinski definition) is 4. The van der Waals surface area contributed by atoms with Crippen molar-refractivity contribution in [2.45, 2.75) is 32.1 Å². The number of rotatable bonds is 3. The highest BCUT2D eigenvalue weighted by molar-refractivity contribution is 7.14. The molecule has 1 aliphatic carbocycles. The van der Waals surface area contributed by atoms with E-state index in [2.05, 4.69) is 15.5 Å². The van der Waals surface area contributed by atoms with Gasteiger partial charge in [0.2, 0.25) is 5.13 Å². The van der Waals surface area contributed by atoms with E-state index in [9.17, 15) is 0 Å². The summed E-state index contributed by atoms with van der Waals surface area (Å²) in [5, 5.41) is 8.45. The van der Waals surface area contributed by atoms with E-state index in [-0.39, 0.29) is 0 Å². The Labute approximate surface area is 138 Å². The van der Waals surface area contributed by atoms with Crippen LogP contribution in [0.2, 0.25) is 10.0 Å². The molecule has 0 saturated heterocycles. The molecule has 0 bridgehead atoms. The van der Waals surface area contributed by atoms with Gasteiger partial charge in [0.25, 0.3) is 0 Å². The monoisotopic (exact) mass is 339 g/mol. The maximum atomic E-state index is 6.20. The van der Waals surface area contributed by atoms with E-state index < -0.39 is 0 Å². The summed E-state index contributed by atoms with van der Waals surface area (Å²) in [6, 6.07) is 5.43. The first-order valence-electron chi connectivity index (χ1n) is 6.95. The molecule has 1 heterocycles. The molecule has 0 amide bonds. The standard InChI is InChI=1S/C15H15Cl2N3S/c16-10-6-7-12(13(17)8-10)14-9-21-15(18-14)20-19-11-4-2-1-3-5-11/h6-9H,1-5H2,(H,18,20). The summed E-state index contributed by atoms with van der Waals surface area (Å²) in [7, 11) is 0. The zero-order chi connectivity index (χ0) is 14.7. The topological polar surface area (TPSA) is 37.3 Å². The number of aromatic nitrogens is 1. The van der Waals surface area contributed by atoms with Gasteiger partial charge in [-0.2, -0.15) is 5.10 Å². The molecule has 1 fully saturated rings. The maximum Gasteiger partial charge on any atom is 0.203 e. The van der Waals surface area contributed by atoms with E-state index in [1.807, 2.05) is 17.5 Å². The van der Waals surface area contributed by atoms with Crippen LogP contribution in [-0.4, -0.2) is 10.7 Å². The predicted octanol–water partition coefficient (Wildman–Crippen LogP) is 5.85. The largest absolute Gasteiger partial charge is 0.253 e. The van der Waals surface area contributed by atoms with Gasteiger partial charge in [0.1, 0.15) is 0 Å². The highest BCUT2D eigenvalue weighted by Gasteiger charge is 2.10. The molecule has 0 radical (unpaired) electrons. The fourth-order valence-electron chi connectivity index (χ4n) is 2.34. The van der Waals surface area contributed by atoms with Gasteiger partial charge >= 0.3 is 0 Å². The van der Waals surface area contributed by atoms with Crippen LogP contribution in [0.15, 0.2) is 28.7 Å². The van der Waals surface area contributed by atoms with Gasteiger partial charge in [-0.3, -0.25) is 5.43 Å². The number of nitrogens with one attached hydrogen (secondary N) is 1. The predicted molar refractivity (Wildman–Crippen MR) is 91.7 cm³/mol. The van der Waals surface area contributed by atoms with Crippen LogP contribution in [0.3, 0.4) is 0 Å². The number of benzene rings is 1. The van der Waals surface area contributed by atoms with E-state index in [0.717, 1.165) is 29.2 Å². The lowest BCUT2D eigenvalue weighted by molar-refractivity contribution is 0.665. The SMILES string of the molecule is Clc1ccc(-c2csc(NN=C3CCCCC3)n2)c(Cl)c1. The third-order valence-corrected chi connectivity index (χ3v) is 4.75. The number of hydrazone groups is 1. The van der Waals surface area contributed by atoms with Crippen LogP contribution in [0, 0.1) is 0 Å². The van der Waals surface area contributed by atoms with Crippen molar-refractivity contribution in [3.63, 3.8) is 0 Å². The number of halogens is 2. The Balaban J connectivity index is 1.74. The van der Waals surface area contributed by atoms with Gasteiger partial charge in [0.05, 0.1) is 10.7 Å². The molecule has 1 aromatic heterocycles. The van der Waals surface area contributed by atoms with E-state index in [1.54, 1.807) is 6.07 Å². The van der Waals surface area contributed by atoms with Gasteiger partial charge in [0.15, 0.2) is 0 Å². The Hall–Kier alpha value is -1.10. The Morgan fingerprint density at radius 2 is 1.95 bits per heavy atom. The molecule has 110 valence electrons. The van der Waals surface area contributed by atoms with Crippen LogP contribution in [0.1, 0.15) is 32.1 Å². The lowest BCUT2D eigenvalue weighted by Gasteiger charge is -2.11. The number of nitrogens with zero attached hydrogens (tertiary/aromatic N) is 2. The highest BCUT2D eigenvalue weighted by atomic mass is 35.5. The summed E-state index contributed by atoms with van der Waals surface area (Å²) in [5.74, 6) is 0. The summed E-state index contributed by atoms with van der Waals surface area (Å²) >= 11 is 13.6. The van der Waals surface area contributed by atoms with Crippen molar-refractivity contribution in [2.75, 3.05) is 5.43 Å². The molecule has 1 aliphatic rings. The van der Waals surface area contributed by atoms with E-state index >= 15 is 0 Å². The van der Waals surface area contributed by atoms with E-state index in [1.165, 1.54) is 36.3 Å². The maximum absolute atomic E-state index is 6.20. The second kappa shape index (κ2) is 6.77. The molecule has 0 unspecified atom stereocenters. The van der Waals surface area contributed by atoms with Crippen LogP contribution in [0.4, 0.5) is 5.13 Å². The summed E-state index contributed by atoms with van der Waals surface area (Å²) in [4.78, 5) is 4.53. The van der Waals surface area contributed by atoms with Gasteiger partial charge in [0, 0.05) is 21.7 Å². The van der Waals surface area contributed by atoms with Gasteiger partial charge in [-0.1, -0.05) is 29.6 Å². The first-order chi connectivity index (χ1) is 10.2. The molecule has 3 nitrogen and oxygen atoms in total. The first-order valence-corrected chi connectivity index (χ1v) is 8.58. The van der Waals surface area contributed by atoms with Crippen molar-refractivity contribution in [1.29, 1.82) is 0 Å². The van der Waals surface area contributed by atoms with Crippen molar-refractivity contribution < 1.29 is 0 Å². The Morgan fingerprint density at radius 1 is 1.14 bits per heavy atom. The van der Waals surface area contributed by atoms with Crippen molar-refractivity contribution in [1.82, 2.24) is 4.98 Å². The summed E-state index contributed by atoms with van der Waals surface area (Å²) in [6.07, 6.45) is 5.98. The zero-order valence-corrected chi connectivity index (χ0v) is 13.7. The van der Waals surface area contributed by atoms with E-state index in [0.29, 0.717) is 10.0 Å². The lowest BCUT2D eigenvalue weighted by Crippen LogP contribution is -2.07. The van der Waals surface area contributed by atoms with Crippen LogP contribution < -0.4 is 5.43 Å². The minimum Gasteiger partial charge on any atom is -0.253 e. The number of hydrogen-bond donors (Lipinski definition) is 1. The second-order valence-corrected chi connectivity index (χ2v) is 6.71. The van der Waals surface area contributed by atoms with Gasteiger partial charge < -0.3 is 0 Å². The quantitative estimate of drug-likeness (QED) is 0.712. The highest BCUT2D eigenvalue weighted by Crippen LogP contribution is 2.32. The average Bonchev–Trinajstić information content (AvgIpc) is 2.95. The zero-order valence-electron chi connectivity index (χ0n) is 11.4. The Morgan fingerprint density at radius 3 is 2.71 bits per heavy atom. The smallest absolute Gasteiger partial charge is 0.203 e. The lowest BCUT2D eigenvalue weighted by atomic mass is 9.99. The molecule has 1 saturated carbocycles. The third-order valence-electron chi connectivity index (χ3n) is 3.45. The fraction of sp³-hybridized carbons (Fsp3) is 0.333. The van der Waals surface area contributed by atoms with E-state index in [4.69, 9.17) is 23.2 Å². The molecular formula is C15H15Cl2N3S. The minimum atomic E-state index is 0.609. The molecule has 1 N–H and O–H groups in total. The molecule has 0 spiro atoms. The molecule has 3 rings (SSSR count). The van der Waals surface area contributed by atoms with Crippen molar-refractivity contribution in [3.8, 4) is 11.3 Å². The van der Waals surface area contributed by atoms with Crippen LogP contribution in [-0.2, 0) is 0 Å². The molecular weight excluding hydrogens is 325 g/mol. The third kappa shape index (κ3) is 3.76. The van der Waals surface area contributed by atoms with Crippen molar-refractivity contribution >= 4 is 45.4 Å². The van der Waals surface area contributed by atoms with Crippen LogP contribution in [0.25, 0.3) is 11.3 Å². The fourth-order valence-corrected chi connectivity index (χ4v) is 3.50.